The maximum absolute atomic E-state index is 12.3. The van der Waals surface area contributed by atoms with E-state index >= 15 is 0 Å². The van der Waals surface area contributed by atoms with E-state index in [0.717, 1.165) is 70.5 Å². The highest BCUT2D eigenvalue weighted by molar-refractivity contribution is 14.0. The van der Waals surface area contributed by atoms with E-state index in [-0.39, 0.29) is 24.0 Å². The van der Waals surface area contributed by atoms with Crippen molar-refractivity contribution >= 4 is 35.8 Å². The van der Waals surface area contributed by atoms with Crippen molar-refractivity contribution < 1.29 is 4.79 Å². The fourth-order valence-corrected chi connectivity index (χ4v) is 3.84. The van der Waals surface area contributed by atoms with Gasteiger partial charge in [0.15, 0.2) is 5.96 Å². The third-order valence-electron chi connectivity index (χ3n) is 6.18. The molecule has 28 heavy (non-hydrogen) atoms. The number of carbonyl (C=O) groups excluding carboxylic acids is 1. The zero-order chi connectivity index (χ0) is 19.5. The van der Waals surface area contributed by atoms with Gasteiger partial charge in [-0.2, -0.15) is 0 Å². The van der Waals surface area contributed by atoms with Crippen LogP contribution in [0.25, 0.3) is 0 Å². The van der Waals surface area contributed by atoms with Gasteiger partial charge in [-0.25, -0.2) is 0 Å². The van der Waals surface area contributed by atoms with E-state index in [1.807, 2.05) is 7.05 Å². The molecule has 1 amide bonds. The molecular weight excluding hydrogens is 465 g/mol. The van der Waals surface area contributed by atoms with E-state index < -0.39 is 0 Å². The zero-order valence-corrected chi connectivity index (χ0v) is 20.5. The van der Waals surface area contributed by atoms with E-state index in [4.69, 9.17) is 0 Å². The van der Waals surface area contributed by atoms with Gasteiger partial charge in [0.05, 0.1) is 0 Å². The zero-order valence-electron chi connectivity index (χ0n) is 18.2. The molecular formula is C21H42IN5O. The van der Waals surface area contributed by atoms with Crippen LogP contribution in [0.1, 0.15) is 58.8 Å². The van der Waals surface area contributed by atoms with Gasteiger partial charge in [0, 0.05) is 58.8 Å². The summed E-state index contributed by atoms with van der Waals surface area (Å²) in [5.74, 6) is 2.36. The van der Waals surface area contributed by atoms with Crippen molar-refractivity contribution in [1.82, 2.24) is 20.4 Å². The number of halogens is 1. The molecule has 2 fully saturated rings. The summed E-state index contributed by atoms with van der Waals surface area (Å²) in [5, 5.41) is 6.92. The molecule has 2 aliphatic rings. The highest BCUT2D eigenvalue weighted by Gasteiger charge is 2.30. The molecule has 0 aromatic rings. The minimum absolute atomic E-state index is 0. The van der Waals surface area contributed by atoms with Crippen LogP contribution in [0.4, 0.5) is 0 Å². The lowest BCUT2D eigenvalue weighted by atomic mass is 9.84. The SMILES string of the molecule is CCCCC(CC)CNC(=NC)NCCN1CCN(C(=O)C2CCC2)CC1.I. The Kier molecular flexibility index (Phi) is 13.1. The number of unbranched alkanes of at least 4 members (excludes halogenated alkanes) is 1. The molecule has 1 unspecified atom stereocenters. The minimum atomic E-state index is 0. The summed E-state index contributed by atoms with van der Waals surface area (Å²) in [6, 6.07) is 0. The number of carbonyl (C=O) groups is 1. The average molecular weight is 508 g/mol. The van der Waals surface area contributed by atoms with Crippen molar-refractivity contribution in [2.24, 2.45) is 16.8 Å². The third-order valence-corrected chi connectivity index (χ3v) is 6.18. The second-order valence-electron chi connectivity index (χ2n) is 8.09. The first-order valence-electron chi connectivity index (χ1n) is 11.1. The van der Waals surface area contributed by atoms with Crippen LogP contribution in [0.5, 0.6) is 0 Å². The van der Waals surface area contributed by atoms with Crippen molar-refractivity contribution in [1.29, 1.82) is 0 Å². The van der Waals surface area contributed by atoms with Crippen molar-refractivity contribution in [2.45, 2.75) is 58.8 Å². The number of hydrogen-bond donors (Lipinski definition) is 2. The molecule has 1 heterocycles. The van der Waals surface area contributed by atoms with E-state index in [9.17, 15) is 4.79 Å². The monoisotopic (exact) mass is 507 g/mol. The lowest BCUT2D eigenvalue weighted by Crippen LogP contribution is -2.52. The second kappa shape index (κ2) is 14.4. The molecule has 2 rings (SSSR count). The molecule has 1 aliphatic heterocycles. The lowest BCUT2D eigenvalue weighted by Gasteiger charge is -2.38. The Bertz CT molecular complexity index is 462. The summed E-state index contributed by atoms with van der Waals surface area (Å²) in [4.78, 5) is 21.2. The van der Waals surface area contributed by atoms with Crippen molar-refractivity contribution in [3.8, 4) is 0 Å². The van der Waals surface area contributed by atoms with Crippen LogP contribution < -0.4 is 10.6 Å². The Morgan fingerprint density at radius 2 is 1.86 bits per heavy atom. The Morgan fingerprint density at radius 1 is 1.14 bits per heavy atom. The van der Waals surface area contributed by atoms with E-state index in [2.05, 4.69) is 39.3 Å². The summed E-state index contributed by atoms with van der Waals surface area (Å²) in [7, 11) is 1.84. The number of piperazine rings is 1. The Morgan fingerprint density at radius 3 is 2.39 bits per heavy atom. The first-order valence-corrected chi connectivity index (χ1v) is 11.1. The number of nitrogens with one attached hydrogen (secondary N) is 2. The molecule has 0 aromatic carbocycles. The minimum Gasteiger partial charge on any atom is -0.356 e. The van der Waals surface area contributed by atoms with Crippen LogP contribution in [-0.4, -0.2) is 74.5 Å². The molecule has 2 N–H and O–H groups in total. The number of nitrogens with zero attached hydrogens (tertiary/aromatic N) is 3. The molecule has 0 bridgehead atoms. The van der Waals surface area contributed by atoms with Gasteiger partial charge in [-0.05, 0) is 25.2 Å². The van der Waals surface area contributed by atoms with Gasteiger partial charge in [-0.15, -0.1) is 24.0 Å². The highest BCUT2D eigenvalue weighted by Crippen LogP contribution is 2.28. The molecule has 1 aliphatic carbocycles. The van der Waals surface area contributed by atoms with Crippen LogP contribution in [-0.2, 0) is 4.79 Å². The van der Waals surface area contributed by atoms with Gasteiger partial charge < -0.3 is 15.5 Å². The topological polar surface area (TPSA) is 60.0 Å². The molecule has 0 aromatic heterocycles. The fourth-order valence-electron chi connectivity index (χ4n) is 3.84. The fraction of sp³-hybridized carbons (Fsp3) is 0.905. The maximum Gasteiger partial charge on any atom is 0.225 e. The molecule has 6 nitrogen and oxygen atoms in total. The van der Waals surface area contributed by atoms with Gasteiger partial charge in [0.25, 0.3) is 0 Å². The summed E-state index contributed by atoms with van der Waals surface area (Å²) in [6.45, 7) is 11.2. The first kappa shape index (κ1) is 25.5. The summed E-state index contributed by atoms with van der Waals surface area (Å²) in [5.41, 5.74) is 0. The van der Waals surface area contributed by atoms with Crippen LogP contribution in [0.2, 0.25) is 0 Å². The lowest BCUT2D eigenvalue weighted by molar-refractivity contribution is -0.139. The largest absolute Gasteiger partial charge is 0.356 e. The number of hydrogen-bond acceptors (Lipinski definition) is 3. The van der Waals surface area contributed by atoms with Gasteiger partial charge in [-0.3, -0.25) is 14.7 Å². The number of amides is 1. The summed E-state index contributed by atoms with van der Waals surface area (Å²) >= 11 is 0. The Hall–Kier alpha value is -0.570. The van der Waals surface area contributed by atoms with Crippen molar-refractivity contribution in [3.05, 3.63) is 0 Å². The van der Waals surface area contributed by atoms with Crippen LogP contribution in [0.3, 0.4) is 0 Å². The standard InChI is InChI=1S/C21H41N5O.HI/c1-4-6-8-18(5-2)17-24-21(22-3)23-11-12-25-13-15-26(16-14-25)20(27)19-9-7-10-19;/h18-19H,4-17H2,1-3H3,(H2,22,23,24);1H. The van der Waals surface area contributed by atoms with E-state index in [1.54, 1.807) is 0 Å². The molecule has 1 saturated heterocycles. The third kappa shape index (κ3) is 8.43. The quantitative estimate of drug-likeness (QED) is 0.271. The van der Waals surface area contributed by atoms with Crippen LogP contribution >= 0.6 is 24.0 Å². The van der Waals surface area contributed by atoms with Gasteiger partial charge >= 0.3 is 0 Å². The normalized spacial score (nSPS) is 19.5. The van der Waals surface area contributed by atoms with Gasteiger partial charge in [-0.1, -0.05) is 39.5 Å². The number of rotatable bonds is 10. The molecule has 1 saturated carbocycles. The predicted molar refractivity (Wildman–Crippen MR) is 128 cm³/mol. The Balaban J connectivity index is 0.00000392. The molecule has 7 heteroatoms. The second-order valence-corrected chi connectivity index (χ2v) is 8.09. The number of aliphatic imine (C=N–C) groups is 1. The highest BCUT2D eigenvalue weighted by atomic mass is 127. The predicted octanol–water partition coefficient (Wildman–Crippen LogP) is 2.93. The summed E-state index contributed by atoms with van der Waals surface area (Å²) < 4.78 is 0. The Labute approximate surface area is 189 Å². The van der Waals surface area contributed by atoms with Crippen molar-refractivity contribution in [2.75, 3.05) is 52.9 Å². The van der Waals surface area contributed by atoms with E-state index in [1.165, 1.54) is 32.1 Å². The van der Waals surface area contributed by atoms with Gasteiger partial charge in [0.1, 0.15) is 0 Å². The molecule has 0 radical (unpaired) electrons. The molecule has 1 atom stereocenters. The number of guanidine groups is 1. The van der Waals surface area contributed by atoms with Crippen LogP contribution in [0, 0.1) is 11.8 Å². The maximum atomic E-state index is 12.3. The van der Waals surface area contributed by atoms with Crippen molar-refractivity contribution in [3.63, 3.8) is 0 Å². The molecule has 164 valence electrons. The average Bonchev–Trinajstić information content (AvgIpc) is 2.65. The van der Waals surface area contributed by atoms with Crippen LogP contribution in [0.15, 0.2) is 4.99 Å². The van der Waals surface area contributed by atoms with E-state index in [0.29, 0.717) is 11.8 Å². The molecule has 0 spiro atoms. The first-order chi connectivity index (χ1) is 13.2. The summed E-state index contributed by atoms with van der Waals surface area (Å²) in [6.07, 6.45) is 8.52. The van der Waals surface area contributed by atoms with Gasteiger partial charge in [0.2, 0.25) is 5.91 Å². The smallest absolute Gasteiger partial charge is 0.225 e.